The highest BCUT2D eigenvalue weighted by Gasteiger charge is 2.48. The molecule has 1 aromatic carbocycles. The summed E-state index contributed by atoms with van der Waals surface area (Å²) in [5, 5.41) is 19.8. The molecule has 1 atom stereocenters. The standard InChI is InChI=1S/C14H18O5/c1-18-10-5-6-11(12(7-10)19-2)14(17,8-13(15)16)9-3-4-9/h5-7,9,17H,3-4,8H2,1-2H3,(H,15,16). The molecule has 0 spiro atoms. The van der Waals surface area contributed by atoms with Gasteiger partial charge in [0.05, 0.1) is 20.6 Å². The Kier molecular flexibility index (Phi) is 3.66. The third-order valence-electron chi connectivity index (χ3n) is 3.55. The Hall–Kier alpha value is -1.75. The molecule has 2 rings (SSSR count). The van der Waals surface area contributed by atoms with E-state index in [4.69, 9.17) is 14.6 Å². The highest BCUT2D eigenvalue weighted by molar-refractivity contribution is 5.69. The van der Waals surface area contributed by atoms with Crippen LogP contribution in [0, 0.1) is 5.92 Å². The molecule has 1 fully saturated rings. The van der Waals surface area contributed by atoms with E-state index in [0.29, 0.717) is 17.1 Å². The molecule has 19 heavy (non-hydrogen) atoms. The van der Waals surface area contributed by atoms with E-state index in [1.807, 2.05) is 0 Å². The Balaban J connectivity index is 2.44. The molecule has 1 unspecified atom stereocenters. The van der Waals surface area contributed by atoms with Gasteiger partial charge in [-0.15, -0.1) is 0 Å². The van der Waals surface area contributed by atoms with Crippen LogP contribution in [0.25, 0.3) is 0 Å². The number of rotatable bonds is 6. The van der Waals surface area contributed by atoms with E-state index in [0.717, 1.165) is 12.8 Å². The van der Waals surface area contributed by atoms with E-state index in [1.165, 1.54) is 7.11 Å². The van der Waals surface area contributed by atoms with E-state index in [-0.39, 0.29) is 12.3 Å². The second-order valence-electron chi connectivity index (χ2n) is 4.84. The normalized spacial score (nSPS) is 17.6. The van der Waals surface area contributed by atoms with Crippen LogP contribution in [-0.4, -0.2) is 30.4 Å². The fraction of sp³-hybridized carbons (Fsp3) is 0.500. The van der Waals surface area contributed by atoms with E-state index in [9.17, 15) is 9.90 Å². The average molecular weight is 266 g/mol. The largest absolute Gasteiger partial charge is 0.497 e. The highest BCUT2D eigenvalue weighted by atomic mass is 16.5. The predicted molar refractivity (Wildman–Crippen MR) is 68.4 cm³/mol. The second-order valence-corrected chi connectivity index (χ2v) is 4.84. The number of benzene rings is 1. The van der Waals surface area contributed by atoms with Gasteiger partial charge in [0.2, 0.25) is 0 Å². The number of carboxylic acids is 1. The summed E-state index contributed by atoms with van der Waals surface area (Å²) < 4.78 is 10.4. The van der Waals surface area contributed by atoms with E-state index in [2.05, 4.69) is 0 Å². The zero-order chi connectivity index (χ0) is 14.0. The maximum absolute atomic E-state index is 11.0. The molecule has 1 aliphatic rings. The highest BCUT2D eigenvalue weighted by Crippen LogP contribution is 2.50. The van der Waals surface area contributed by atoms with Gasteiger partial charge in [-0.1, -0.05) is 0 Å². The first kappa shape index (κ1) is 13.7. The number of hydrogen-bond donors (Lipinski definition) is 2. The molecule has 0 aromatic heterocycles. The molecule has 0 bridgehead atoms. The third kappa shape index (κ3) is 2.66. The van der Waals surface area contributed by atoms with Gasteiger partial charge in [0.25, 0.3) is 0 Å². The summed E-state index contributed by atoms with van der Waals surface area (Å²) in [5.74, 6) is 0.0160. The van der Waals surface area contributed by atoms with Crippen molar-refractivity contribution in [3.05, 3.63) is 23.8 Å². The SMILES string of the molecule is COc1ccc(C(O)(CC(=O)O)C2CC2)c(OC)c1. The van der Waals surface area contributed by atoms with E-state index in [1.54, 1.807) is 25.3 Å². The smallest absolute Gasteiger partial charge is 0.306 e. The molecule has 5 nitrogen and oxygen atoms in total. The summed E-state index contributed by atoms with van der Waals surface area (Å²) in [6.07, 6.45) is 1.35. The van der Waals surface area contributed by atoms with Crippen LogP contribution in [0.4, 0.5) is 0 Å². The molecule has 1 aliphatic carbocycles. The molecule has 2 N–H and O–H groups in total. The van der Waals surface area contributed by atoms with Gasteiger partial charge in [0.1, 0.15) is 17.1 Å². The lowest BCUT2D eigenvalue weighted by Gasteiger charge is -2.28. The van der Waals surface area contributed by atoms with Gasteiger partial charge in [0, 0.05) is 11.6 Å². The zero-order valence-corrected chi connectivity index (χ0v) is 11.0. The monoisotopic (exact) mass is 266 g/mol. The summed E-state index contributed by atoms with van der Waals surface area (Å²) in [4.78, 5) is 11.0. The number of aliphatic hydroxyl groups is 1. The molecular weight excluding hydrogens is 248 g/mol. The van der Waals surface area contributed by atoms with Crippen LogP contribution in [0.2, 0.25) is 0 Å². The lowest BCUT2D eigenvalue weighted by molar-refractivity contribution is -0.144. The van der Waals surface area contributed by atoms with Crippen molar-refractivity contribution in [3.8, 4) is 11.5 Å². The molecule has 0 radical (unpaired) electrons. The van der Waals surface area contributed by atoms with Gasteiger partial charge in [-0.25, -0.2) is 0 Å². The molecule has 104 valence electrons. The average Bonchev–Trinajstić information content (AvgIpc) is 3.21. The van der Waals surface area contributed by atoms with Gasteiger partial charge in [-0.2, -0.15) is 0 Å². The number of carbonyl (C=O) groups is 1. The number of carboxylic acid groups (broad SMARTS) is 1. The Morgan fingerprint density at radius 3 is 2.53 bits per heavy atom. The van der Waals surface area contributed by atoms with Crippen LogP contribution >= 0.6 is 0 Å². The number of ether oxygens (including phenoxy) is 2. The van der Waals surface area contributed by atoms with Crippen molar-refractivity contribution < 1.29 is 24.5 Å². The minimum absolute atomic E-state index is 0.0223. The van der Waals surface area contributed by atoms with Crippen molar-refractivity contribution in [1.29, 1.82) is 0 Å². The van der Waals surface area contributed by atoms with E-state index >= 15 is 0 Å². The van der Waals surface area contributed by atoms with Crippen LogP contribution in [-0.2, 0) is 10.4 Å². The number of aliphatic carboxylic acids is 1. The molecule has 1 saturated carbocycles. The van der Waals surface area contributed by atoms with Crippen molar-refractivity contribution in [1.82, 2.24) is 0 Å². The predicted octanol–water partition coefficient (Wildman–Crippen LogP) is 1.78. The van der Waals surface area contributed by atoms with Gasteiger partial charge in [0.15, 0.2) is 0 Å². The number of hydrogen-bond acceptors (Lipinski definition) is 4. The first-order chi connectivity index (χ1) is 9.01. The first-order valence-corrected chi connectivity index (χ1v) is 6.18. The molecule has 0 aliphatic heterocycles. The topological polar surface area (TPSA) is 76.0 Å². The van der Waals surface area contributed by atoms with Crippen molar-refractivity contribution >= 4 is 5.97 Å². The summed E-state index contributed by atoms with van der Waals surface area (Å²) in [5.41, 5.74) is -0.857. The summed E-state index contributed by atoms with van der Waals surface area (Å²) >= 11 is 0. The maximum Gasteiger partial charge on any atom is 0.306 e. The Morgan fingerprint density at radius 2 is 2.05 bits per heavy atom. The van der Waals surface area contributed by atoms with Crippen molar-refractivity contribution in [2.24, 2.45) is 5.92 Å². The minimum Gasteiger partial charge on any atom is -0.497 e. The molecule has 0 heterocycles. The fourth-order valence-electron chi connectivity index (χ4n) is 2.41. The summed E-state index contributed by atoms with van der Waals surface area (Å²) in [6.45, 7) is 0. The summed E-state index contributed by atoms with van der Waals surface area (Å²) in [6, 6.07) is 5.04. The van der Waals surface area contributed by atoms with Gasteiger partial charge in [-0.3, -0.25) is 4.79 Å². The zero-order valence-electron chi connectivity index (χ0n) is 11.0. The second kappa shape index (κ2) is 5.09. The maximum atomic E-state index is 11.0. The van der Waals surface area contributed by atoms with Crippen LogP contribution in [0.5, 0.6) is 11.5 Å². The quantitative estimate of drug-likeness (QED) is 0.820. The minimum atomic E-state index is -1.37. The van der Waals surface area contributed by atoms with Crippen molar-refractivity contribution in [2.45, 2.75) is 24.9 Å². The molecule has 5 heteroatoms. The van der Waals surface area contributed by atoms with Crippen molar-refractivity contribution in [3.63, 3.8) is 0 Å². The Labute approximate surface area is 111 Å². The molecular formula is C14H18O5. The van der Waals surface area contributed by atoms with Crippen LogP contribution in [0.3, 0.4) is 0 Å². The van der Waals surface area contributed by atoms with Crippen molar-refractivity contribution in [2.75, 3.05) is 14.2 Å². The lowest BCUT2D eigenvalue weighted by Crippen LogP contribution is -2.32. The molecule has 0 amide bonds. The van der Waals surface area contributed by atoms with Gasteiger partial charge >= 0.3 is 5.97 Å². The van der Waals surface area contributed by atoms with Crippen LogP contribution in [0.15, 0.2) is 18.2 Å². The van der Waals surface area contributed by atoms with Crippen LogP contribution < -0.4 is 9.47 Å². The van der Waals surface area contributed by atoms with E-state index < -0.39 is 11.6 Å². The third-order valence-corrected chi connectivity index (χ3v) is 3.55. The summed E-state index contributed by atoms with van der Waals surface area (Å²) in [7, 11) is 3.03. The Morgan fingerprint density at radius 1 is 1.37 bits per heavy atom. The lowest BCUT2D eigenvalue weighted by atomic mass is 9.85. The number of methoxy groups -OCH3 is 2. The Bertz CT molecular complexity index is 481. The first-order valence-electron chi connectivity index (χ1n) is 6.18. The van der Waals surface area contributed by atoms with Gasteiger partial charge < -0.3 is 19.7 Å². The van der Waals surface area contributed by atoms with Gasteiger partial charge in [-0.05, 0) is 30.9 Å². The van der Waals surface area contributed by atoms with Crippen LogP contribution in [0.1, 0.15) is 24.8 Å². The molecule has 0 saturated heterocycles. The fourth-order valence-corrected chi connectivity index (χ4v) is 2.41. The molecule has 1 aromatic rings.